The van der Waals surface area contributed by atoms with Crippen LogP contribution >= 0.6 is 23.5 Å². The fraction of sp³-hybridized carbons (Fsp3) is 1.00. The molecule has 1 aliphatic rings. The molecule has 23 heavy (non-hydrogen) atoms. The van der Waals surface area contributed by atoms with E-state index in [1.54, 1.807) is 0 Å². The Labute approximate surface area is 130 Å². The van der Waals surface area contributed by atoms with Crippen molar-refractivity contribution in [3.63, 3.8) is 0 Å². The van der Waals surface area contributed by atoms with Crippen LogP contribution in [0.1, 0.15) is 6.42 Å². The zero-order chi connectivity index (χ0) is 17.9. The second kappa shape index (κ2) is 7.75. The van der Waals surface area contributed by atoms with Crippen LogP contribution in [0.3, 0.4) is 0 Å². The van der Waals surface area contributed by atoms with E-state index in [1.807, 2.05) is 0 Å². The monoisotopic (exact) mass is 393 g/mol. The Kier molecular flexibility index (Phi) is 7.01. The van der Waals surface area contributed by atoms with Gasteiger partial charge in [0.05, 0.1) is 18.8 Å². The molecule has 1 fully saturated rings. The number of azide groups is 1. The molecule has 4 N–H and O–H groups in total. The minimum atomic E-state index is -5.59. The van der Waals surface area contributed by atoms with Gasteiger partial charge in [-0.05, 0) is 12.0 Å². The molecule has 0 saturated carbocycles. The van der Waals surface area contributed by atoms with Crippen molar-refractivity contribution in [1.82, 2.24) is 0 Å². The predicted molar refractivity (Wildman–Crippen MR) is 71.8 cm³/mol. The third-order valence-electron chi connectivity index (χ3n) is 2.27. The summed E-state index contributed by atoms with van der Waals surface area (Å²) in [7, 11) is -10.9. The van der Waals surface area contributed by atoms with Gasteiger partial charge in [0.2, 0.25) is 0 Å². The van der Waals surface area contributed by atoms with Gasteiger partial charge >= 0.3 is 23.5 Å². The number of hydrogen-bond donors (Lipinski definition) is 4. The topological polar surface area (TPSA) is 218 Å². The average Bonchev–Trinajstić information content (AvgIpc) is 2.63. The summed E-state index contributed by atoms with van der Waals surface area (Å²) in [5.74, 6) is 0. The number of nitrogens with zero attached hydrogens (tertiary/aromatic N) is 3. The summed E-state index contributed by atoms with van der Waals surface area (Å²) in [6.07, 6.45) is -0.931. The maximum Gasteiger partial charge on any atom is 0.490 e. The molecule has 1 saturated heterocycles. The van der Waals surface area contributed by atoms with Gasteiger partial charge in [-0.25, -0.2) is 13.7 Å². The van der Waals surface area contributed by atoms with Gasteiger partial charge in [-0.2, -0.15) is 8.62 Å². The second-order valence-corrected chi connectivity index (χ2v) is 8.53. The normalized spacial score (nSPS) is 30.2. The van der Waals surface area contributed by atoms with Gasteiger partial charge in [-0.15, -0.1) is 0 Å². The van der Waals surface area contributed by atoms with Gasteiger partial charge in [0, 0.05) is 10.9 Å². The summed E-state index contributed by atoms with van der Waals surface area (Å²) in [4.78, 5) is 37.4. The molecule has 0 aromatic rings. The lowest BCUT2D eigenvalue weighted by Crippen LogP contribution is -2.24. The van der Waals surface area contributed by atoms with Crippen molar-refractivity contribution in [3.05, 3.63) is 10.4 Å². The SMILES string of the molecule is [B][C@H]1CC(N=[N+]=[N-])[C@@H](COP(=O)(O)OP(=O)(O)OP(=O)(O)O)O1. The van der Waals surface area contributed by atoms with E-state index in [4.69, 9.17) is 32.8 Å². The maximum absolute atomic E-state index is 11.5. The molecule has 130 valence electrons. The van der Waals surface area contributed by atoms with E-state index < -0.39 is 48.2 Å². The number of phosphoric ester groups is 1. The molecule has 1 heterocycles. The van der Waals surface area contributed by atoms with E-state index in [0.717, 1.165) is 0 Å². The molecule has 0 aliphatic carbocycles. The quantitative estimate of drug-likeness (QED) is 0.144. The van der Waals surface area contributed by atoms with Crippen molar-refractivity contribution in [2.75, 3.05) is 6.61 Å². The van der Waals surface area contributed by atoms with Crippen LogP contribution in [0.15, 0.2) is 5.11 Å². The number of hydrogen-bond acceptors (Lipinski definition) is 8. The number of phosphoric acid groups is 3. The average molecular weight is 393 g/mol. The molecule has 0 aromatic heterocycles. The highest BCUT2D eigenvalue weighted by atomic mass is 31.3. The third-order valence-corrected chi connectivity index (χ3v) is 6.07. The molecular weight excluding hydrogens is 382 g/mol. The molecule has 0 bridgehead atoms. The van der Waals surface area contributed by atoms with Crippen LogP contribution in [0, 0.1) is 0 Å². The fourth-order valence-corrected chi connectivity index (χ4v) is 4.60. The molecular formula is C5H11BN3O11P3. The minimum Gasteiger partial charge on any atom is -0.382 e. The van der Waals surface area contributed by atoms with Crippen LogP contribution in [0.5, 0.6) is 0 Å². The van der Waals surface area contributed by atoms with Gasteiger partial charge in [0.1, 0.15) is 7.85 Å². The van der Waals surface area contributed by atoms with Gasteiger partial charge < -0.3 is 24.3 Å². The number of ether oxygens (including phenoxy) is 1. The highest BCUT2D eigenvalue weighted by molar-refractivity contribution is 7.66. The maximum atomic E-state index is 11.5. The van der Waals surface area contributed by atoms with E-state index in [-0.39, 0.29) is 6.42 Å². The van der Waals surface area contributed by atoms with Crippen molar-refractivity contribution < 1.29 is 51.2 Å². The molecule has 3 unspecified atom stereocenters. The summed E-state index contributed by atoms with van der Waals surface area (Å²) >= 11 is 0. The summed E-state index contributed by atoms with van der Waals surface area (Å²) in [6, 6.07) is -1.64. The molecule has 18 heteroatoms. The van der Waals surface area contributed by atoms with Crippen LogP contribution in [0.25, 0.3) is 10.4 Å². The minimum absolute atomic E-state index is 0.106. The van der Waals surface area contributed by atoms with E-state index in [1.165, 1.54) is 0 Å². The first-order valence-corrected chi connectivity index (χ1v) is 10.1. The van der Waals surface area contributed by atoms with E-state index >= 15 is 0 Å². The van der Waals surface area contributed by atoms with Gasteiger partial charge in [0.15, 0.2) is 0 Å². The zero-order valence-electron chi connectivity index (χ0n) is 11.1. The molecule has 2 radical (unpaired) electrons. The molecule has 5 atom stereocenters. The first-order valence-electron chi connectivity index (χ1n) is 5.57. The van der Waals surface area contributed by atoms with Crippen molar-refractivity contribution in [1.29, 1.82) is 0 Å². The first kappa shape index (κ1) is 20.8. The lowest BCUT2D eigenvalue weighted by molar-refractivity contribution is 0.0351. The fourth-order valence-electron chi connectivity index (χ4n) is 1.57. The summed E-state index contributed by atoms with van der Waals surface area (Å²) in [5.41, 5.74) is 8.35. The van der Waals surface area contributed by atoms with Crippen LogP contribution in [0.2, 0.25) is 0 Å². The van der Waals surface area contributed by atoms with Crippen molar-refractivity contribution in [3.8, 4) is 0 Å². The largest absolute Gasteiger partial charge is 0.490 e. The van der Waals surface area contributed by atoms with E-state index in [9.17, 15) is 18.6 Å². The van der Waals surface area contributed by atoms with E-state index in [0.29, 0.717) is 0 Å². The lowest BCUT2D eigenvalue weighted by Gasteiger charge is -2.19. The molecule has 0 spiro atoms. The zero-order valence-corrected chi connectivity index (χ0v) is 13.7. The molecule has 0 amide bonds. The smallest absolute Gasteiger partial charge is 0.382 e. The summed E-state index contributed by atoms with van der Waals surface area (Å²) in [5, 5.41) is 3.33. The van der Waals surface area contributed by atoms with Crippen molar-refractivity contribution >= 4 is 31.3 Å². The second-order valence-electron chi connectivity index (χ2n) is 4.11. The Morgan fingerprint density at radius 1 is 1.22 bits per heavy atom. The highest BCUT2D eigenvalue weighted by Crippen LogP contribution is 2.66. The van der Waals surface area contributed by atoms with Gasteiger partial charge in [-0.3, -0.25) is 4.52 Å². The lowest BCUT2D eigenvalue weighted by atomic mass is 9.95. The summed E-state index contributed by atoms with van der Waals surface area (Å²) < 4.78 is 49.4. The van der Waals surface area contributed by atoms with Gasteiger partial charge in [0.25, 0.3) is 0 Å². The third kappa shape index (κ3) is 7.91. The Hall–Kier alpha value is -0.255. The standard InChI is InChI=1S/C5H11BN3O11P3/c6-5-1-3(8-9-7)4(18-5)2-17-22(13,14)20-23(15,16)19-21(10,11)12/h3-5H,1-2H2,(H,13,14)(H,15,16)(H2,10,11,12)/t3?,4-,5-/m1/s1. The number of rotatable bonds is 8. The molecule has 0 aromatic carbocycles. The molecule has 1 rings (SSSR count). The van der Waals surface area contributed by atoms with Crippen LogP contribution in [-0.2, 0) is 31.6 Å². The summed E-state index contributed by atoms with van der Waals surface area (Å²) in [6.45, 7) is -0.721. The van der Waals surface area contributed by atoms with Crippen molar-refractivity contribution in [2.45, 2.75) is 24.6 Å². The molecule has 14 nitrogen and oxygen atoms in total. The van der Waals surface area contributed by atoms with Crippen LogP contribution in [-0.4, -0.2) is 52.2 Å². The Morgan fingerprint density at radius 2 is 1.83 bits per heavy atom. The first-order chi connectivity index (χ1) is 10.3. The van der Waals surface area contributed by atoms with Crippen LogP contribution in [0.4, 0.5) is 0 Å². The Balaban J connectivity index is 2.65. The Morgan fingerprint density at radius 3 is 2.35 bits per heavy atom. The van der Waals surface area contributed by atoms with E-state index in [2.05, 4.69) is 23.2 Å². The van der Waals surface area contributed by atoms with Crippen LogP contribution < -0.4 is 0 Å². The Bertz CT molecular complexity index is 618. The predicted octanol–water partition coefficient (Wildman–Crippen LogP) is 0.292. The highest BCUT2D eigenvalue weighted by Gasteiger charge is 2.42. The molecule has 1 aliphatic heterocycles. The van der Waals surface area contributed by atoms with Crippen molar-refractivity contribution in [2.24, 2.45) is 5.11 Å². The van der Waals surface area contributed by atoms with Gasteiger partial charge in [-0.1, -0.05) is 5.11 Å².